The lowest BCUT2D eigenvalue weighted by Crippen LogP contribution is -1.96. The van der Waals surface area contributed by atoms with Gasteiger partial charge in [-0.3, -0.25) is 0 Å². The monoisotopic (exact) mass is 188 g/mol. The van der Waals surface area contributed by atoms with Crippen LogP contribution in [0.15, 0.2) is 30.3 Å². The van der Waals surface area contributed by atoms with Crippen LogP contribution < -0.4 is 16.2 Å². The Kier molecular flexibility index (Phi) is 1.93. The van der Waals surface area contributed by atoms with Crippen molar-refractivity contribution >= 4 is 22.1 Å². The van der Waals surface area contributed by atoms with Crippen molar-refractivity contribution in [3.05, 3.63) is 30.3 Å². The molecular formula is C11H12N2O. The molecule has 2 aromatic carbocycles. The highest BCUT2D eigenvalue weighted by atomic mass is 16.5. The minimum atomic E-state index is 0.626. The average molecular weight is 188 g/mol. The van der Waals surface area contributed by atoms with E-state index in [0.717, 1.165) is 10.8 Å². The number of nitrogens with two attached hydrogens (primary N) is 2. The maximum Gasteiger partial charge on any atom is 0.144 e. The van der Waals surface area contributed by atoms with Crippen LogP contribution >= 0.6 is 0 Å². The van der Waals surface area contributed by atoms with Crippen LogP contribution in [0.5, 0.6) is 5.75 Å². The number of rotatable bonds is 1. The molecule has 0 fully saturated rings. The quantitative estimate of drug-likeness (QED) is 0.673. The van der Waals surface area contributed by atoms with Crippen LogP contribution in [0.2, 0.25) is 0 Å². The van der Waals surface area contributed by atoms with Gasteiger partial charge < -0.3 is 16.2 Å². The lowest BCUT2D eigenvalue weighted by molar-refractivity contribution is 0.417. The normalized spacial score (nSPS) is 10.4. The lowest BCUT2D eigenvalue weighted by Gasteiger charge is -2.09. The van der Waals surface area contributed by atoms with E-state index in [1.165, 1.54) is 0 Å². The molecule has 0 atom stereocenters. The molecule has 3 heteroatoms. The Morgan fingerprint density at radius 1 is 1.07 bits per heavy atom. The molecule has 14 heavy (non-hydrogen) atoms. The number of ether oxygens (including phenoxy) is 1. The van der Waals surface area contributed by atoms with Crippen LogP contribution in [-0.4, -0.2) is 7.11 Å². The van der Waals surface area contributed by atoms with Crippen LogP contribution in [0.3, 0.4) is 0 Å². The van der Waals surface area contributed by atoms with Crippen molar-refractivity contribution in [2.24, 2.45) is 0 Å². The number of hydrogen-bond acceptors (Lipinski definition) is 3. The topological polar surface area (TPSA) is 61.3 Å². The maximum atomic E-state index is 5.92. The summed E-state index contributed by atoms with van der Waals surface area (Å²) in [6, 6.07) is 9.49. The van der Waals surface area contributed by atoms with Gasteiger partial charge in [-0.25, -0.2) is 0 Å². The summed E-state index contributed by atoms with van der Waals surface area (Å²) in [7, 11) is 1.58. The molecule has 0 spiro atoms. The molecule has 0 aromatic heterocycles. The molecule has 4 N–H and O–H groups in total. The van der Waals surface area contributed by atoms with Crippen molar-refractivity contribution in [1.29, 1.82) is 0 Å². The summed E-state index contributed by atoms with van der Waals surface area (Å²) in [5.74, 6) is 0.626. The molecule has 0 aliphatic carbocycles. The van der Waals surface area contributed by atoms with E-state index in [2.05, 4.69) is 0 Å². The predicted octanol–water partition coefficient (Wildman–Crippen LogP) is 2.01. The van der Waals surface area contributed by atoms with Gasteiger partial charge in [-0.1, -0.05) is 24.3 Å². The van der Waals surface area contributed by atoms with Crippen LogP contribution in [0, 0.1) is 0 Å². The summed E-state index contributed by atoms with van der Waals surface area (Å²) in [5.41, 5.74) is 13.1. The van der Waals surface area contributed by atoms with Gasteiger partial charge in [0.15, 0.2) is 0 Å². The largest absolute Gasteiger partial charge is 0.494 e. The van der Waals surface area contributed by atoms with Gasteiger partial charge in [-0.15, -0.1) is 0 Å². The molecule has 0 amide bonds. The van der Waals surface area contributed by atoms with E-state index in [1.54, 1.807) is 13.2 Å². The molecule has 0 saturated heterocycles. The summed E-state index contributed by atoms with van der Waals surface area (Å²) in [6.45, 7) is 0. The molecular weight excluding hydrogens is 176 g/mol. The Morgan fingerprint density at radius 3 is 2.36 bits per heavy atom. The van der Waals surface area contributed by atoms with Gasteiger partial charge in [0.05, 0.1) is 12.8 Å². The van der Waals surface area contributed by atoms with Crippen molar-refractivity contribution in [2.75, 3.05) is 18.6 Å². The number of fused-ring (bicyclic) bond motifs is 1. The minimum Gasteiger partial charge on any atom is -0.494 e. The van der Waals surface area contributed by atoms with Crippen molar-refractivity contribution in [3.8, 4) is 5.75 Å². The molecule has 2 rings (SSSR count). The van der Waals surface area contributed by atoms with Gasteiger partial charge in [0.2, 0.25) is 0 Å². The molecule has 3 nitrogen and oxygen atoms in total. The molecule has 0 saturated carbocycles. The highest BCUT2D eigenvalue weighted by molar-refractivity contribution is 6.02. The van der Waals surface area contributed by atoms with Gasteiger partial charge in [0.1, 0.15) is 5.75 Å². The summed E-state index contributed by atoms with van der Waals surface area (Å²) in [5, 5.41) is 1.90. The standard InChI is InChI=1S/C11H12N2O/c1-14-10-6-9(12)7-4-2-3-5-8(7)11(10)13/h2-6H,12-13H2,1H3. The minimum absolute atomic E-state index is 0.626. The molecule has 0 aliphatic rings. The third-order valence-corrected chi connectivity index (χ3v) is 2.30. The lowest BCUT2D eigenvalue weighted by atomic mass is 10.1. The first-order valence-electron chi connectivity index (χ1n) is 4.34. The van der Waals surface area contributed by atoms with Gasteiger partial charge in [0, 0.05) is 22.5 Å². The van der Waals surface area contributed by atoms with E-state index in [1.807, 2.05) is 24.3 Å². The summed E-state index contributed by atoms with van der Waals surface area (Å²) in [4.78, 5) is 0. The zero-order valence-corrected chi connectivity index (χ0v) is 7.95. The first-order chi connectivity index (χ1) is 6.74. The maximum absolute atomic E-state index is 5.92. The Labute approximate surface area is 82.3 Å². The highest BCUT2D eigenvalue weighted by Gasteiger charge is 2.06. The van der Waals surface area contributed by atoms with Crippen molar-refractivity contribution in [1.82, 2.24) is 0 Å². The fourth-order valence-electron chi connectivity index (χ4n) is 1.57. The van der Waals surface area contributed by atoms with Gasteiger partial charge in [-0.05, 0) is 0 Å². The summed E-state index contributed by atoms with van der Waals surface area (Å²) < 4.78 is 5.13. The summed E-state index contributed by atoms with van der Waals surface area (Å²) in [6.07, 6.45) is 0. The van der Waals surface area contributed by atoms with E-state index >= 15 is 0 Å². The Balaban J connectivity index is 2.87. The van der Waals surface area contributed by atoms with E-state index in [0.29, 0.717) is 17.1 Å². The Morgan fingerprint density at radius 2 is 1.71 bits per heavy atom. The second kappa shape index (κ2) is 3.10. The number of methoxy groups -OCH3 is 1. The van der Waals surface area contributed by atoms with Crippen molar-refractivity contribution < 1.29 is 4.74 Å². The predicted molar refractivity (Wildman–Crippen MR) is 59.3 cm³/mol. The highest BCUT2D eigenvalue weighted by Crippen LogP contribution is 2.34. The smallest absolute Gasteiger partial charge is 0.144 e. The number of nitrogen functional groups attached to an aromatic ring is 2. The number of benzene rings is 2. The second-order valence-corrected chi connectivity index (χ2v) is 3.13. The Hall–Kier alpha value is -1.90. The first-order valence-corrected chi connectivity index (χ1v) is 4.34. The van der Waals surface area contributed by atoms with E-state index in [9.17, 15) is 0 Å². The Bertz CT molecular complexity index is 480. The SMILES string of the molecule is COc1cc(N)c2ccccc2c1N. The molecule has 0 bridgehead atoms. The third-order valence-electron chi connectivity index (χ3n) is 2.30. The van der Waals surface area contributed by atoms with Crippen LogP contribution in [0.4, 0.5) is 11.4 Å². The fourth-order valence-corrected chi connectivity index (χ4v) is 1.57. The van der Waals surface area contributed by atoms with E-state index in [-0.39, 0.29) is 0 Å². The second-order valence-electron chi connectivity index (χ2n) is 3.13. The molecule has 2 aromatic rings. The van der Waals surface area contributed by atoms with E-state index in [4.69, 9.17) is 16.2 Å². The van der Waals surface area contributed by atoms with Crippen molar-refractivity contribution in [2.45, 2.75) is 0 Å². The summed E-state index contributed by atoms with van der Waals surface area (Å²) >= 11 is 0. The fraction of sp³-hybridized carbons (Fsp3) is 0.0909. The van der Waals surface area contributed by atoms with Crippen molar-refractivity contribution in [3.63, 3.8) is 0 Å². The molecule has 0 heterocycles. The zero-order chi connectivity index (χ0) is 10.1. The zero-order valence-electron chi connectivity index (χ0n) is 7.95. The number of hydrogen-bond donors (Lipinski definition) is 2. The number of anilines is 2. The molecule has 72 valence electrons. The molecule has 0 aliphatic heterocycles. The first kappa shape index (κ1) is 8.69. The third kappa shape index (κ3) is 1.14. The molecule has 0 unspecified atom stereocenters. The van der Waals surface area contributed by atoms with Crippen LogP contribution in [0.25, 0.3) is 10.8 Å². The van der Waals surface area contributed by atoms with Gasteiger partial charge in [-0.2, -0.15) is 0 Å². The van der Waals surface area contributed by atoms with Crippen LogP contribution in [-0.2, 0) is 0 Å². The molecule has 0 radical (unpaired) electrons. The van der Waals surface area contributed by atoms with E-state index < -0.39 is 0 Å². The average Bonchev–Trinajstić information content (AvgIpc) is 2.23. The van der Waals surface area contributed by atoms with Gasteiger partial charge in [0.25, 0.3) is 0 Å². The van der Waals surface area contributed by atoms with Crippen LogP contribution in [0.1, 0.15) is 0 Å². The van der Waals surface area contributed by atoms with Gasteiger partial charge >= 0.3 is 0 Å².